The maximum atomic E-state index is 13.6. The van der Waals surface area contributed by atoms with Gasteiger partial charge in [-0.25, -0.2) is 4.68 Å². The quantitative estimate of drug-likeness (QED) is 0.259. The lowest BCUT2D eigenvalue weighted by Crippen LogP contribution is -2.16. The van der Waals surface area contributed by atoms with Gasteiger partial charge < -0.3 is 4.74 Å². The Morgan fingerprint density at radius 1 is 1.23 bits per heavy atom. The Balaban J connectivity index is 2.64. The van der Waals surface area contributed by atoms with Crippen LogP contribution in [-0.4, -0.2) is 26.6 Å². The van der Waals surface area contributed by atoms with Crippen molar-refractivity contribution in [3.05, 3.63) is 56.3 Å². The van der Waals surface area contributed by atoms with Gasteiger partial charge in [0.1, 0.15) is 5.56 Å². The van der Waals surface area contributed by atoms with Gasteiger partial charge >= 0.3 is 0 Å². The number of ketones is 1. The average molecular weight is 428 g/mol. The minimum Gasteiger partial charge on any atom is -0.474 e. The topological polar surface area (TPSA) is 87.3 Å². The van der Waals surface area contributed by atoms with Crippen molar-refractivity contribution in [1.29, 1.82) is 0 Å². The fourth-order valence-corrected chi connectivity index (χ4v) is 3.36. The summed E-state index contributed by atoms with van der Waals surface area (Å²) < 4.78 is 7.83. The number of ether oxygens (including phenoxy) is 1. The lowest BCUT2D eigenvalue weighted by Gasteiger charge is -2.17. The molecule has 0 radical (unpaired) electrons. The van der Waals surface area contributed by atoms with E-state index in [1.54, 1.807) is 17.8 Å². The first kappa shape index (κ1) is 24.3. The van der Waals surface area contributed by atoms with Crippen molar-refractivity contribution >= 4 is 17.0 Å². The summed E-state index contributed by atoms with van der Waals surface area (Å²) in [5, 5.41) is 16.0. The van der Waals surface area contributed by atoms with E-state index in [0.717, 1.165) is 30.4 Å². The molecule has 0 aliphatic rings. The van der Waals surface area contributed by atoms with Crippen molar-refractivity contribution in [2.45, 2.75) is 80.4 Å². The maximum absolute atomic E-state index is 13.6. The number of carbonyl (C=O) groups excluding carboxylic acids is 1. The van der Waals surface area contributed by atoms with Crippen LogP contribution in [0.3, 0.4) is 0 Å². The van der Waals surface area contributed by atoms with E-state index in [0.29, 0.717) is 34.7 Å². The van der Waals surface area contributed by atoms with Crippen LogP contribution in [0.5, 0.6) is 5.88 Å². The molecule has 1 aromatic carbocycles. The highest BCUT2D eigenvalue weighted by atomic mass is 16.6. The molecule has 31 heavy (non-hydrogen) atoms. The van der Waals surface area contributed by atoms with Gasteiger partial charge in [0, 0.05) is 18.2 Å². The highest BCUT2D eigenvalue weighted by Gasteiger charge is 2.27. The van der Waals surface area contributed by atoms with Crippen LogP contribution in [-0.2, 0) is 6.54 Å². The molecule has 1 atom stereocenters. The van der Waals surface area contributed by atoms with Crippen LogP contribution in [0, 0.1) is 17.0 Å². The molecular weight excluding hydrogens is 394 g/mol. The van der Waals surface area contributed by atoms with Gasteiger partial charge in [-0.05, 0) is 64.7 Å². The van der Waals surface area contributed by atoms with Gasteiger partial charge in [0.25, 0.3) is 5.69 Å². The van der Waals surface area contributed by atoms with Gasteiger partial charge in [-0.3, -0.25) is 14.9 Å². The normalized spacial score (nSPS) is 11.8. The Labute approximate surface area is 184 Å². The zero-order valence-electron chi connectivity index (χ0n) is 19.6. The molecule has 168 valence electrons. The summed E-state index contributed by atoms with van der Waals surface area (Å²) in [5.41, 5.74) is 3.66. The summed E-state index contributed by atoms with van der Waals surface area (Å²) >= 11 is 0. The van der Waals surface area contributed by atoms with Crippen molar-refractivity contribution in [1.82, 2.24) is 9.78 Å². The number of nitro groups is 1. The number of hydrogen-bond acceptors (Lipinski definition) is 5. The molecule has 2 aromatic rings. The van der Waals surface area contributed by atoms with Gasteiger partial charge in [-0.1, -0.05) is 25.8 Å². The first-order valence-electron chi connectivity index (χ1n) is 10.8. The number of hydrogen-bond donors (Lipinski definition) is 0. The molecule has 0 amide bonds. The van der Waals surface area contributed by atoms with E-state index in [9.17, 15) is 14.9 Å². The van der Waals surface area contributed by atoms with Crippen LogP contribution in [0.4, 0.5) is 5.69 Å². The molecule has 0 spiro atoms. The second-order valence-corrected chi connectivity index (χ2v) is 8.12. The van der Waals surface area contributed by atoms with Crippen LogP contribution in [0.15, 0.2) is 23.9 Å². The molecule has 0 aliphatic carbocycles. The Bertz CT molecular complexity index is 1000. The van der Waals surface area contributed by atoms with E-state index in [4.69, 9.17) is 4.74 Å². The number of nitro benzene ring substituents is 1. The zero-order chi connectivity index (χ0) is 23.3. The van der Waals surface area contributed by atoms with E-state index in [1.165, 1.54) is 12.1 Å². The highest BCUT2D eigenvalue weighted by molar-refractivity contribution is 6.12. The van der Waals surface area contributed by atoms with Crippen molar-refractivity contribution in [3.63, 3.8) is 0 Å². The van der Waals surface area contributed by atoms with Crippen molar-refractivity contribution in [2.75, 3.05) is 0 Å². The Morgan fingerprint density at radius 2 is 1.90 bits per heavy atom. The van der Waals surface area contributed by atoms with E-state index in [2.05, 4.69) is 12.0 Å². The molecule has 7 nitrogen and oxygen atoms in total. The molecule has 0 fully saturated rings. The molecule has 0 aliphatic heterocycles. The summed E-state index contributed by atoms with van der Waals surface area (Å²) in [6, 6.07) is 2.95. The second kappa shape index (κ2) is 10.4. The van der Waals surface area contributed by atoms with Crippen LogP contribution in [0.2, 0.25) is 0 Å². The number of carbonyl (C=O) groups is 1. The largest absolute Gasteiger partial charge is 0.474 e. The molecule has 0 N–H and O–H groups in total. The third kappa shape index (κ3) is 5.21. The number of nitrogens with zero attached hydrogens (tertiary/aromatic N) is 3. The van der Waals surface area contributed by atoms with E-state index in [-0.39, 0.29) is 17.6 Å². The minimum atomic E-state index is -0.400. The molecule has 1 heterocycles. The first-order valence-corrected chi connectivity index (χ1v) is 10.8. The van der Waals surface area contributed by atoms with Gasteiger partial charge in [-0.2, -0.15) is 5.10 Å². The number of aromatic nitrogens is 2. The highest BCUT2D eigenvalue weighted by Crippen LogP contribution is 2.35. The molecule has 0 saturated carbocycles. The van der Waals surface area contributed by atoms with E-state index >= 15 is 0 Å². The van der Waals surface area contributed by atoms with Gasteiger partial charge in [0.05, 0.1) is 22.8 Å². The summed E-state index contributed by atoms with van der Waals surface area (Å²) in [4.78, 5) is 24.8. The van der Waals surface area contributed by atoms with Crippen LogP contribution < -0.4 is 4.74 Å². The summed E-state index contributed by atoms with van der Waals surface area (Å²) in [7, 11) is 0. The van der Waals surface area contributed by atoms with Crippen LogP contribution >= 0.6 is 0 Å². The van der Waals surface area contributed by atoms with Gasteiger partial charge in [0.15, 0.2) is 5.78 Å². The van der Waals surface area contributed by atoms with Crippen molar-refractivity contribution in [2.24, 2.45) is 0 Å². The lowest BCUT2D eigenvalue weighted by molar-refractivity contribution is -0.385. The second-order valence-electron chi connectivity index (χ2n) is 8.12. The molecule has 2 rings (SSSR count). The Kier molecular flexibility index (Phi) is 8.14. The Hall–Kier alpha value is -2.96. The SMILES string of the molecule is CCCCn1ncc(C(=O)c2ccc([N+](=O)[O-])c(C(C)=C(C)C)c2C)c1OC(C)CC. The molecule has 1 unspecified atom stereocenters. The first-order chi connectivity index (χ1) is 14.6. The molecule has 0 saturated heterocycles. The molecular formula is C24H33N3O4. The monoisotopic (exact) mass is 427 g/mol. The summed E-state index contributed by atoms with van der Waals surface area (Å²) in [6.07, 6.45) is 4.20. The smallest absolute Gasteiger partial charge is 0.277 e. The fourth-order valence-electron chi connectivity index (χ4n) is 3.36. The third-order valence-corrected chi connectivity index (χ3v) is 5.66. The van der Waals surface area contributed by atoms with Crippen molar-refractivity contribution < 1.29 is 14.5 Å². The average Bonchev–Trinajstić information content (AvgIpc) is 3.12. The Morgan fingerprint density at radius 3 is 2.45 bits per heavy atom. The lowest BCUT2D eigenvalue weighted by atomic mass is 9.90. The van der Waals surface area contributed by atoms with E-state index in [1.807, 2.05) is 34.6 Å². The van der Waals surface area contributed by atoms with Crippen LogP contribution in [0.25, 0.3) is 5.57 Å². The number of rotatable bonds is 10. The number of benzene rings is 1. The summed E-state index contributed by atoms with van der Waals surface area (Å²) in [5.74, 6) is 0.224. The molecule has 0 bridgehead atoms. The number of aryl methyl sites for hydroxylation is 1. The number of unbranched alkanes of at least 4 members (excludes halogenated alkanes) is 1. The number of allylic oxidation sites excluding steroid dienone is 2. The predicted octanol–water partition coefficient (Wildman–Crippen LogP) is 6.12. The minimum absolute atomic E-state index is 0.00229. The maximum Gasteiger partial charge on any atom is 0.277 e. The molecule has 7 heteroatoms. The van der Waals surface area contributed by atoms with Gasteiger partial charge in [0.2, 0.25) is 5.88 Å². The zero-order valence-corrected chi connectivity index (χ0v) is 19.6. The predicted molar refractivity (Wildman–Crippen MR) is 123 cm³/mol. The fraction of sp³-hybridized carbons (Fsp3) is 0.500. The summed E-state index contributed by atoms with van der Waals surface area (Å²) in [6.45, 7) is 14.2. The molecule has 1 aromatic heterocycles. The standard InChI is InChI=1S/C24H33N3O4/c1-8-10-13-26-24(31-16(5)9-2)20(14-25-26)23(28)19-11-12-21(27(29)30)22(18(19)7)17(6)15(3)4/h11-12,14,16H,8-10,13H2,1-7H3. The van der Waals surface area contributed by atoms with Gasteiger partial charge in [-0.15, -0.1) is 0 Å². The van der Waals surface area contributed by atoms with E-state index < -0.39 is 4.92 Å². The van der Waals surface area contributed by atoms with Crippen LogP contribution in [0.1, 0.15) is 87.9 Å². The van der Waals surface area contributed by atoms with Crippen molar-refractivity contribution in [3.8, 4) is 5.88 Å². The third-order valence-electron chi connectivity index (χ3n) is 5.66.